The summed E-state index contributed by atoms with van der Waals surface area (Å²) in [6.07, 6.45) is 6.95. The van der Waals surface area contributed by atoms with Crippen molar-refractivity contribution < 1.29 is 0 Å². The zero-order valence-corrected chi connectivity index (χ0v) is 9.63. The van der Waals surface area contributed by atoms with Gasteiger partial charge < -0.3 is 0 Å². The summed E-state index contributed by atoms with van der Waals surface area (Å²) in [6, 6.07) is 8.79. The van der Waals surface area contributed by atoms with Crippen molar-refractivity contribution in [2.45, 2.75) is 44.9 Å². The van der Waals surface area contributed by atoms with Gasteiger partial charge in [-0.3, -0.25) is 0 Å². The molecular formula is C15H20. The Balaban J connectivity index is 2.29. The first-order valence-corrected chi connectivity index (χ1v) is 6.04. The second-order valence-corrected chi connectivity index (χ2v) is 4.70. The third-order valence-electron chi connectivity index (χ3n) is 3.47. The van der Waals surface area contributed by atoms with E-state index in [1.807, 2.05) is 0 Å². The van der Waals surface area contributed by atoms with Crippen LogP contribution in [0.4, 0.5) is 0 Å². The van der Waals surface area contributed by atoms with Crippen molar-refractivity contribution >= 4 is 5.57 Å². The third-order valence-corrected chi connectivity index (χ3v) is 3.47. The van der Waals surface area contributed by atoms with Gasteiger partial charge in [-0.05, 0) is 36.8 Å². The molecule has 0 nitrogen and oxygen atoms in total. The van der Waals surface area contributed by atoms with Crippen LogP contribution in [0.1, 0.15) is 56.1 Å². The molecule has 0 aromatic heterocycles. The second kappa shape index (κ2) is 4.65. The third kappa shape index (κ3) is 2.31. The van der Waals surface area contributed by atoms with Crippen LogP contribution in [0.5, 0.6) is 0 Å². The Morgan fingerprint density at radius 3 is 2.47 bits per heavy atom. The lowest BCUT2D eigenvalue weighted by Gasteiger charge is -2.24. The Kier molecular flexibility index (Phi) is 3.25. The molecule has 1 aromatic carbocycles. The molecule has 0 N–H and O–H groups in total. The summed E-state index contributed by atoms with van der Waals surface area (Å²) in [7, 11) is 0. The Morgan fingerprint density at radius 2 is 1.80 bits per heavy atom. The van der Waals surface area contributed by atoms with Crippen LogP contribution in [0.25, 0.3) is 5.57 Å². The molecule has 15 heavy (non-hydrogen) atoms. The standard InChI is InChI=1S/C15H20/c1-12(2)14-10-6-7-11-15(14)13-8-4-3-5-9-13/h6-7,10-11,13H,1,3-5,8-9H2,2H3. The molecule has 2 rings (SSSR count). The van der Waals surface area contributed by atoms with Crippen molar-refractivity contribution in [1.29, 1.82) is 0 Å². The SMILES string of the molecule is C=C(C)c1ccccc1C1CCCCC1. The largest absolute Gasteiger partial charge is 0.0955 e. The second-order valence-electron chi connectivity index (χ2n) is 4.70. The van der Waals surface area contributed by atoms with Crippen molar-refractivity contribution in [3.8, 4) is 0 Å². The zero-order chi connectivity index (χ0) is 10.7. The maximum atomic E-state index is 4.08. The fraction of sp³-hybridized carbons (Fsp3) is 0.467. The highest BCUT2D eigenvalue weighted by Gasteiger charge is 2.17. The van der Waals surface area contributed by atoms with Crippen LogP contribution in [-0.2, 0) is 0 Å². The predicted molar refractivity (Wildman–Crippen MR) is 67.0 cm³/mol. The van der Waals surface area contributed by atoms with Gasteiger partial charge in [0.2, 0.25) is 0 Å². The number of hydrogen-bond donors (Lipinski definition) is 0. The van der Waals surface area contributed by atoms with Crippen molar-refractivity contribution in [2.75, 3.05) is 0 Å². The van der Waals surface area contributed by atoms with Gasteiger partial charge in [-0.1, -0.05) is 55.7 Å². The molecule has 0 aliphatic heterocycles. The van der Waals surface area contributed by atoms with Crippen LogP contribution in [-0.4, -0.2) is 0 Å². The predicted octanol–water partition coefficient (Wildman–Crippen LogP) is 4.77. The fourth-order valence-electron chi connectivity index (χ4n) is 2.66. The van der Waals surface area contributed by atoms with Gasteiger partial charge in [0.1, 0.15) is 0 Å². The van der Waals surface area contributed by atoms with Crippen molar-refractivity contribution in [1.82, 2.24) is 0 Å². The number of rotatable bonds is 2. The minimum absolute atomic E-state index is 0.784. The van der Waals surface area contributed by atoms with Gasteiger partial charge in [0.15, 0.2) is 0 Å². The Bertz CT molecular complexity index is 343. The van der Waals surface area contributed by atoms with Gasteiger partial charge in [-0.25, -0.2) is 0 Å². The maximum Gasteiger partial charge on any atom is -0.0156 e. The molecule has 0 atom stereocenters. The molecule has 1 aliphatic rings. The quantitative estimate of drug-likeness (QED) is 0.645. The van der Waals surface area contributed by atoms with E-state index in [1.54, 1.807) is 0 Å². The molecular weight excluding hydrogens is 180 g/mol. The van der Waals surface area contributed by atoms with Crippen LogP contribution in [0.15, 0.2) is 30.8 Å². The minimum Gasteiger partial charge on any atom is -0.0955 e. The van der Waals surface area contributed by atoms with Crippen LogP contribution in [0, 0.1) is 0 Å². The first kappa shape index (κ1) is 10.5. The monoisotopic (exact) mass is 200 g/mol. The van der Waals surface area contributed by atoms with E-state index in [-0.39, 0.29) is 0 Å². The van der Waals surface area contributed by atoms with E-state index in [0.717, 1.165) is 5.92 Å². The van der Waals surface area contributed by atoms with Crippen molar-refractivity contribution in [3.05, 3.63) is 42.0 Å². The lowest BCUT2D eigenvalue weighted by molar-refractivity contribution is 0.443. The normalized spacial score (nSPS) is 17.7. The molecule has 1 fully saturated rings. The first-order chi connectivity index (χ1) is 7.29. The summed E-state index contributed by atoms with van der Waals surface area (Å²) in [5.74, 6) is 0.784. The molecule has 1 aliphatic carbocycles. The average Bonchev–Trinajstić information content (AvgIpc) is 2.30. The van der Waals surface area contributed by atoms with Gasteiger partial charge in [0.25, 0.3) is 0 Å². The Labute approximate surface area is 93.0 Å². The Morgan fingerprint density at radius 1 is 1.13 bits per heavy atom. The van der Waals surface area contributed by atoms with E-state index in [9.17, 15) is 0 Å². The van der Waals surface area contributed by atoms with Crippen LogP contribution < -0.4 is 0 Å². The van der Waals surface area contributed by atoms with E-state index >= 15 is 0 Å². The van der Waals surface area contributed by atoms with Crippen LogP contribution in [0.3, 0.4) is 0 Å². The van der Waals surface area contributed by atoms with Gasteiger partial charge >= 0.3 is 0 Å². The van der Waals surface area contributed by atoms with E-state index in [1.165, 1.54) is 48.8 Å². The van der Waals surface area contributed by atoms with E-state index in [4.69, 9.17) is 0 Å². The van der Waals surface area contributed by atoms with Crippen molar-refractivity contribution in [3.63, 3.8) is 0 Å². The van der Waals surface area contributed by atoms with Gasteiger partial charge in [-0.15, -0.1) is 0 Å². The number of allylic oxidation sites excluding steroid dienone is 1. The van der Waals surface area contributed by atoms with E-state index in [0.29, 0.717) is 0 Å². The molecule has 0 heterocycles. The Hall–Kier alpha value is -1.04. The van der Waals surface area contributed by atoms with Crippen LogP contribution >= 0.6 is 0 Å². The van der Waals surface area contributed by atoms with E-state index < -0.39 is 0 Å². The zero-order valence-electron chi connectivity index (χ0n) is 9.63. The molecule has 0 spiro atoms. The minimum atomic E-state index is 0.784. The lowest BCUT2D eigenvalue weighted by atomic mass is 9.81. The highest BCUT2D eigenvalue weighted by Crippen LogP contribution is 2.35. The number of hydrogen-bond acceptors (Lipinski definition) is 0. The summed E-state index contributed by atoms with van der Waals surface area (Å²) in [5.41, 5.74) is 4.12. The van der Waals surface area contributed by atoms with Gasteiger partial charge in [0.05, 0.1) is 0 Å². The summed E-state index contributed by atoms with van der Waals surface area (Å²) in [4.78, 5) is 0. The summed E-state index contributed by atoms with van der Waals surface area (Å²) >= 11 is 0. The molecule has 0 amide bonds. The molecule has 0 saturated heterocycles. The highest BCUT2D eigenvalue weighted by atomic mass is 14.2. The number of benzene rings is 1. The first-order valence-electron chi connectivity index (χ1n) is 6.04. The van der Waals surface area contributed by atoms with Gasteiger partial charge in [0, 0.05) is 0 Å². The summed E-state index contributed by atoms with van der Waals surface area (Å²) < 4.78 is 0. The summed E-state index contributed by atoms with van der Waals surface area (Å²) in [5, 5.41) is 0. The van der Waals surface area contributed by atoms with Crippen LogP contribution in [0.2, 0.25) is 0 Å². The van der Waals surface area contributed by atoms with Gasteiger partial charge in [-0.2, -0.15) is 0 Å². The molecule has 0 bridgehead atoms. The molecule has 1 aromatic rings. The highest BCUT2D eigenvalue weighted by molar-refractivity contribution is 5.65. The lowest BCUT2D eigenvalue weighted by Crippen LogP contribution is -2.06. The molecule has 0 unspecified atom stereocenters. The topological polar surface area (TPSA) is 0 Å². The average molecular weight is 200 g/mol. The van der Waals surface area contributed by atoms with Crippen molar-refractivity contribution in [2.24, 2.45) is 0 Å². The molecule has 0 radical (unpaired) electrons. The molecule has 80 valence electrons. The molecule has 0 heteroatoms. The maximum absolute atomic E-state index is 4.08. The smallest absolute Gasteiger partial charge is 0.0156 e. The summed E-state index contributed by atoms with van der Waals surface area (Å²) in [6.45, 7) is 6.19. The fourth-order valence-corrected chi connectivity index (χ4v) is 2.66. The molecule has 1 saturated carbocycles. The van der Waals surface area contributed by atoms with E-state index in [2.05, 4.69) is 37.8 Å².